The molecule has 0 N–H and O–H groups in total. The number of hydrogen-bond donors (Lipinski definition) is 0. The van der Waals surface area contributed by atoms with Crippen LogP contribution in [0.2, 0.25) is 0 Å². The van der Waals surface area contributed by atoms with Crippen LogP contribution in [-0.4, -0.2) is 14.5 Å². The molecule has 0 radical (unpaired) electrons. The SMILES string of the molecule is c1ccc(-c2ccc(-c3ccc(-c4ccc(-n5c6ccccc6c6cc7ccccc7cc65)c5nccnc45)cc3)cc2)cc1. The minimum absolute atomic E-state index is 0.881. The predicted molar refractivity (Wildman–Crippen MR) is 188 cm³/mol. The Labute approximate surface area is 260 Å². The molecule has 45 heavy (non-hydrogen) atoms. The first-order valence-corrected chi connectivity index (χ1v) is 15.2. The number of benzene rings is 7. The molecule has 210 valence electrons. The maximum atomic E-state index is 4.91. The Balaban J connectivity index is 1.15. The Bertz CT molecular complexity index is 2510. The lowest BCUT2D eigenvalue weighted by atomic mass is 9.97. The summed E-state index contributed by atoms with van der Waals surface area (Å²) in [4.78, 5) is 9.80. The van der Waals surface area contributed by atoms with Crippen molar-refractivity contribution in [1.29, 1.82) is 0 Å². The maximum absolute atomic E-state index is 4.91. The Morgan fingerprint density at radius 1 is 0.378 bits per heavy atom. The molecule has 9 rings (SSSR count). The van der Waals surface area contributed by atoms with Gasteiger partial charge in [0.15, 0.2) is 0 Å². The van der Waals surface area contributed by atoms with Gasteiger partial charge in [-0.05, 0) is 68.9 Å². The third-order valence-electron chi connectivity index (χ3n) is 8.91. The van der Waals surface area contributed by atoms with E-state index in [0.717, 1.165) is 38.9 Å². The third-order valence-corrected chi connectivity index (χ3v) is 8.91. The van der Waals surface area contributed by atoms with E-state index in [2.05, 4.69) is 150 Å². The van der Waals surface area contributed by atoms with Crippen molar-refractivity contribution in [2.24, 2.45) is 0 Å². The molecular weight excluding hydrogens is 546 g/mol. The van der Waals surface area contributed by atoms with Crippen molar-refractivity contribution < 1.29 is 0 Å². The van der Waals surface area contributed by atoms with Crippen LogP contribution in [0.1, 0.15) is 0 Å². The van der Waals surface area contributed by atoms with Gasteiger partial charge < -0.3 is 4.57 Å². The zero-order valence-electron chi connectivity index (χ0n) is 24.4. The monoisotopic (exact) mass is 573 g/mol. The van der Waals surface area contributed by atoms with Gasteiger partial charge in [-0.25, -0.2) is 0 Å². The highest BCUT2D eigenvalue weighted by Crippen LogP contribution is 2.38. The van der Waals surface area contributed by atoms with Crippen LogP contribution in [0.15, 0.2) is 164 Å². The van der Waals surface area contributed by atoms with Crippen LogP contribution in [0.5, 0.6) is 0 Å². The lowest BCUT2D eigenvalue weighted by Crippen LogP contribution is -1.99. The van der Waals surface area contributed by atoms with Crippen molar-refractivity contribution in [3.05, 3.63) is 164 Å². The van der Waals surface area contributed by atoms with E-state index in [1.165, 1.54) is 43.8 Å². The first-order valence-electron chi connectivity index (χ1n) is 15.2. The first-order chi connectivity index (χ1) is 22.3. The van der Waals surface area contributed by atoms with E-state index in [9.17, 15) is 0 Å². The van der Waals surface area contributed by atoms with E-state index in [1.807, 2.05) is 6.07 Å². The molecule has 0 fully saturated rings. The third kappa shape index (κ3) is 4.21. The Morgan fingerprint density at radius 3 is 1.64 bits per heavy atom. The molecule has 0 aliphatic carbocycles. The van der Waals surface area contributed by atoms with Gasteiger partial charge in [0.05, 0.1) is 22.2 Å². The molecule has 0 unspecified atom stereocenters. The Hall–Kier alpha value is -6.06. The molecule has 3 heteroatoms. The highest BCUT2D eigenvalue weighted by atomic mass is 15.0. The zero-order valence-corrected chi connectivity index (χ0v) is 24.4. The van der Waals surface area contributed by atoms with Crippen LogP contribution in [0.25, 0.3) is 82.7 Å². The van der Waals surface area contributed by atoms with E-state index < -0.39 is 0 Å². The second kappa shape index (κ2) is 10.3. The lowest BCUT2D eigenvalue weighted by Gasteiger charge is -2.14. The van der Waals surface area contributed by atoms with E-state index >= 15 is 0 Å². The fourth-order valence-electron chi connectivity index (χ4n) is 6.70. The fraction of sp³-hybridized carbons (Fsp3) is 0. The number of nitrogens with zero attached hydrogens (tertiary/aromatic N) is 3. The molecule has 0 amide bonds. The number of hydrogen-bond acceptors (Lipinski definition) is 2. The molecule has 0 spiro atoms. The van der Waals surface area contributed by atoms with E-state index in [0.29, 0.717) is 0 Å². The summed E-state index contributed by atoms with van der Waals surface area (Å²) in [6.45, 7) is 0. The Morgan fingerprint density at radius 2 is 0.933 bits per heavy atom. The standard InChI is InChI=1S/C42H27N3/c1-2-8-28(9-3-1)29-14-16-30(17-15-29)31-18-20-32(21-19-31)35-22-23-39(42-41(35)43-24-25-44-42)45-38-13-7-6-12-36(38)37-26-33-10-4-5-11-34(33)27-40(37)45/h1-27H. The number of aromatic nitrogens is 3. The van der Waals surface area contributed by atoms with Crippen molar-refractivity contribution in [2.45, 2.75) is 0 Å². The molecule has 0 saturated heterocycles. The summed E-state index contributed by atoms with van der Waals surface area (Å²) in [7, 11) is 0. The van der Waals surface area contributed by atoms with Crippen LogP contribution in [0.3, 0.4) is 0 Å². The predicted octanol–water partition coefficient (Wildman–Crippen LogP) is 10.9. The summed E-state index contributed by atoms with van der Waals surface area (Å²) in [6.07, 6.45) is 3.58. The van der Waals surface area contributed by atoms with Crippen molar-refractivity contribution >= 4 is 43.6 Å². The summed E-state index contributed by atoms with van der Waals surface area (Å²) in [5, 5.41) is 4.92. The molecule has 0 atom stereocenters. The van der Waals surface area contributed by atoms with Gasteiger partial charge in [0.1, 0.15) is 5.52 Å². The van der Waals surface area contributed by atoms with Gasteiger partial charge >= 0.3 is 0 Å². The van der Waals surface area contributed by atoms with Gasteiger partial charge in [0.2, 0.25) is 0 Å². The van der Waals surface area contributed by atoms with Crippen molar-refractivity contribution in [1.82, 2.24) is 14.5 Å². The molecule has 2 aromatic heterocycles. The molecule has 7 aromatic carbocycles. The molecule has 2 heterocycles. The van der Waals surface area contributed by atoms with Crippen LogP contribution < -0.4 is 0 Å². The van der Waals surface area contributed by atoms with Gasteiger partial charge in [-0.15, -0.1) is 0 Å². The first kappa shape index (κ1) is 25.4. The van der Waals surface area contributed by atoms with Gasteiger partial charge in [-0.1, -0.05) is 121 Å². The molecule has 9 aromatic rings. The summed E-state index contributed by atoms with van der Waals surface area (Å²) in [6, 6.07) is 54.2. The van der Waals surface area contributed by atoms with Crippen LogP contribution in [-0.2, 0) is 0 Å². The maximum Gasteiger partial charge on any atom is 0.113 e. The average molecular weight is 574 g/mol. The summed E-state index contributed by atoms with van der Waals surface area (Å²) in [5.74, 6) is 0. The normalized spacial score (nSPS) is 11.6. The Kier molecular flexibility index (Phi) is 5.82. The molecule has 3 nitrogen and oxygen atoms in total. The highest BCUT2D eigenvalue weighted by molar-refractivity contribution is 6.14. The minimum atomic E-state index is 0.881. The minimum Gasteiger partial charge on any atom is -0.307 e. The van der Waals surface area contributed by atoms with Crippen LogP contribution >= 0.6 is 0 Å². The van der Waals surface area contributed by atoms with Crippen molar-refractivity contribution in [3.8, 4) is 39.1 Å². The van der Waals surface area contributed by atoms with Crippen LogP contribution in [0, 0.1) is 0 Å². The molecule has 0 aliphatic rings. The van der Waals surface area contributed by atoms with Crippen LogP contribution in [0.4, 0.5) is 0 Å². The van der Waals surface area contributed by atoms with Gasteiger partial charge in [0, 0.05) is 28.7 Å². The molecule has 0 aliphatic heterocycles. The second-order valence-corrected chi connectivity index (χ2v) is 11.5. The van der Waals surface area contributed by atoms with Crippen molar-refractivity contribution in [2.75, 3.05) is 0 Å². The molecule has 0 bridgehead atoms. The average Bonchev–Trinajstić information content (AvgIpc) is 3.43. The lowest BCUT2D eigenvalue weighted by molar-refractivity contribution is 1.17. The molecule has 0 saturated carbocycles. The topological polar surface area (TPSA) is 30.7 Å². The number of fused-ring (bicyclic) bond motifs is 5. The second-order valence-electron chi connectivity index (χ2n) is 11.5. The zero-order chi connectivity index (χ0) is 29.7. The largest absolute Gasteiger partial charge is 0.307 e. The van der Waals surface area contributed by atoms with Gasteiger partial charge in [0.25, 0.3) is 0 Å². The quantitative estimate of drug-likeness (QED) is 0.210. The van der Waals surface area contributed by atoms with Gasteiger partial charge in [-0.2, -0.15) is 0 Å². The highest BCUT2D eigenvalue weighted by Gasteiger charge is 2.18. The van der Waals surface area contributed by atoms with Gasteiger partial charge in [-0.3, -0.25) is 9.97 Å². The summed E-state index contributed by atoms with van der Waals surface area (Å²) in [5.41, 5.74) is 12.1. The summed E-state index contributed by atoms with van der Waals surface area (Å²) >= 11 is 0. The molecular formula is C42H27N3. The number of rotatable bonds is 4. The number of para-hydroxylation sites is 1. The van der Waals surface area contributed by atoms with E-state index in [-0.39, 0.29) is 0 Å². The van der Waals surface area contributed by atoms with E-state index in [4.69, 9.17) is 9.97 Å². The smallest absolute Gasteiger partial charge is 0.113 e. The van der Waals surface area contributed by atoms with E-state index in [1.54, 1.807) is 12.4 Å². The van der Waals surface area contributed by atoms with Crippen molar-refractivity contribution in [3.63, 3.8) is 0 Å². The summed E-state index contributed by atoms with van der Waals surface area (Å²) < 4.78 is 2.35. The fourth-order valence-corrected chi connectivity index (χ4v) is 6.70.